The fourth-order valence-electron chi connectivity index (χ4n) is 3.83. The first-order chi connectivity index (χ1) is 10.3. The minimum atomic E-state index is 0.156. The molecule has 0 N–H and O–H groups in total. The van der Waals surface area contributed by atoms with Crippen LogP contribution in [0, 0.1) is 5.92 Å². The molecule has 3 heterocycles. The second-order valence-corrected chi connectivity index (χ2v) is 7.27. The normalized spacial score (nSPS) is 25.7. The summed E-state index contributed by atoms with van der Waals surface area (Å²) in [5.41, 5.74) is 0.156. The molecule has 2 aliphatic rings. The summed E-state index contributed by atoms with van der Waals surface area (Å²) in [6.45, 7) is 8.19. The standard InChI is InChI=1S/C17H27NO2S/c1-2-19-11-5-15-6-12-20-17(15)7-9-18(10-8-17)14-16-4-3-13-21-16/h3-4,13,15H,2,5-12,14H2,1H3. The van der Waals surface area contributed by atoms with Gasteiger partial charge in [0.15, 0.2) is 0 Å². The molecule has 2 aliphatic heterocycles. The minimum Gasteiger partial charge on any atom is -0.382 e. The van der Waals surface area contributed by atoms with Crippen LogP contribution in [-0.4, -0.2) is 43.4 Å². The van der Waals surface area contributed by atoms with Gasteiger partial charge in [0.1, 0.15) is 0 Å². The Bertz CT molecular complexity index is 412. The third-order valence-corrected chi connectivity index (χ3v) is 5.94. The smallest absolute Gasteiger partial charge is 0.0736 e. The number of likely N-dealkylation sites (tertiary alicyclic amines) is 1. The Morgan fingerprint density at radius 1 is 1.43 bits per heavy atom. The van der Waals surface area contributed by atoms with Gasteiger partial charge in [0.25, 0.3) is 0 Å². The third kappa shape index (κ3) is 3.67. The lowest BCUT2D eigenvalue weighted by atomic mass is 9.78. The van der Waals surface area contributed by atoms with Crippen LogP contribution in [0.2, 0.25) is 0 Å². The summed E-state index contributed by atoms with van der Waals surface area (Å²) in [7, 11) is 0. The molecule has 3 nitrogen and oxygen atoms in total. The number of rotatable bonds is 6. The van der Waals surface area contributed by atoms with E-state index in [9.17, 15) is 0 Å². The van der Waals surface area contributed by atoms with E-state index in [1.165, 1.54) is 43.6 Å². The maximum atomic E-state index is 6.23. The van der Waals surface area contributed by atoms with Crippen molar-refractivity contribution in [2.45, 2.75) is 44.8 Å². The highest BCUT2D eigenvalue weighted by atomic mass is 32.1. The van der Waals surface area contributed by atoms with Crippen molar-refractivity contribution in [2.24, 2.45) is 5.92 Å². The molecule has 118 valence electrons. The third-order valence-electron chi connectivity index (χ3n) is 5.08. The molecule has 2 fully saturated rings. The molecule has 1 aromatic heterocycles. The van der Waals surface area contributed by atoms with E-state index in [0.29, 0.717) is 5.92 Å². The lowest BCUT2D eigenvalue weighted by molar-refractivity contribution is -0.0726. The maximum Gasteiger partial charge on any atom is 0.0736 e. The fourth-order valence-corrected chi connectivity index (χ4v) is 4.57. The van der Waals surface area contributed by atoms with Gasteiger partial charge >= 0.3 is 0 Å². The van der Waals surface area contributed by atoms with Gasteiger partial charge in [-0.1, -0.05) is 6.07 Å². The van der Waals surface area contributed by atoms with Crippen molar-refractivity contribution in [3.05, 3.63) is 22.4 Å². The molecule has 4 heteroatoms. The van der Waals surface area contributed by atoms with Crippen LogP contribution in [0.5, 0.6) is 0 Å². The number of ether oxygens (including phenoxy) is 2. The zero-order valence-electron chi connectivity index (χ0n) is 13.1. The van der Waals surface area contributed by atoms with Crippen molar-refractivity contribution < 1.29 is 9.47 Å². The van der Waals surface area contributed by atoms with E-state index in [2.05, 4.69) is 29.3 Å². The van der Waals surface area contributed by atoms with Crippen LogP contribution < -0.4 is 0 Å². The summed E-state index contributed by atoms with van der Waals surface area (Å²) in [5.74, 6) is 0.702. The zero-order chi connectivity index (χ0) is 14.5. The number of hydrogen-bond acceptors (Lipinski definition) is 4. The van der Waals surface area contributed by atoms with Crippen molar-refractivity contribution in [1.82, 2.24) is 4.90 Å². The summed E-state index contributed by atoms with van der Waals surface area (Å²) in [6.07, 6.45) is 4.76. The Balaban J connectivity index is 1.51. The van der Waals surface area contributed by atoms with Gasteiger partial charge in [0.05, 0.1) is 5.60 Å². The fraction of sp³-hybridized carbons (Fsp3) is 0.765. The Morgan fingerprint density at radius 3 is 3.00 bits per heavy atom. The average molecular weight is 309 g/mol. The van der Waals surface area contributed by atoms with Crippen LogP contribution in [0.25, 0.3) is 0 Å². The summed E-state index contributed by atoms with van der Waals surface area (Å²) in [6, 6.07) is 4.39. The van der Waals surface area contributed by atoms with Gasteiger partial charge in [-0.05, 0) is 50.0 Å². The van der Waals surface area contributed by atoms with Crippen LogP contribution in [0.1, 0.15) is 37.5 Å². The van der Waals surface area contributed by atoms with Crippen molar-refractivity contribution in [1.29, 1.82) is 0 Å². The molecule has 0 aromatic carbocycles. The van der Waals surface area contributed by atoms with Crippen LogP contribution >= 0.6 is 11.3 Å². The second-order valence-electron chi connectivity index (χ2n) is 6.24. The molecule has 1 unspecified atom stereocenters. The topological polar surface area (TPSA) is 21.7 Å². The van der Waals surface area contributed by atoms with Crippen LogP contribution in [0.15, 0.2) is 17.5 Å². The first-order valence-corrected chi connectivity index (χ1v) is 9.17. The summed E-state index contributed by atoms with van der Waals surface area (Å²) >= 11 is 1.87. The Labute approximate surface area is 132 Å². The monoisotopic (exact) mass is 309 g/mol. The highest BCUT2D eigenvalue weighted by Crippen LogP contribution is 2.42. The Kier molecular flexibility index (Phi) is 5.33. The number of hydrogen-bond donors (Lipinski definition) is 0. The van der Waals surface area contributed by atoms with Gasteiger partial charge in [0, 0.05) is 44.3 Å². The number of piperidine rings is 1. The molecular weight excluding hydrogens is 282 g/mol. The van der Waals surface area contributed by atoms with E-state index in [0.717, 1.165) is 26.4 Å². The molecule has 0 aliphatic carbocycles. The summed E-state index contributed by atoms with van der Waals surface area (Å²) in [4.78, 5) is 4.06. The van der Waals surface area contributed by atoms with Gasteiger partial charge in [-0.3, -0.25) is 4.90 Å². The zero-order valence-corrected chi connectivity index (χ0v) is 13.9. The van der Waals surface area contributed by atoms with Crippen molar-refractivity contribution >= 4 is 11.3 Å². The van der Waals surface area contributed by atoms with Crippen LogP contribution in [0.4, 0.5) is 0 Å². The lowest BCUT2D eigenvalue weighted by Gasteiger charge is -2.42. The molecule has 1 spiro atoms. The largest absolute Gasteiger partial charge is 0.382 e. The molecule has 1 aromatic rings. The second kappa shape index (κ2) is 7.23. The van der Waals surface area contributed by atoms with Gasteiger partial charge < -0.3 is 9.47 Å². The molecule has 0 radical (unpaired) electrons. The van der Waals surface area contributed by atoms with E-state index in [1.54, 1.807) is 0 Å². The van der Waals surface area contributed by atoms with E-state index in [-0.39, 0.29) is 5.60 Å². The van der Waals surface area contributed by atoms with Gasteiger partial charge in [-0.2, -0.15) is 0 Å². The van der Waals surface area contributed by atoms with E-state index < -0.39 is 0 Å². The first-order valence-electron chi connectivity index (χ1n) is 8.29. The van der Waals surface area contributed by atoms with Gasteiger partial charge in [-0.25, -0.2) is 0 Å². The molecule has 3 rings (SSSR count). The molecule has 21 heavy (non-hydrogen) atoms. The van der Waals surface area contributed by atoms with Gasteiger partial charge in [-0.15, -0.1) is 11.3 Å². The van der Waals surface area contributed by atoms with Crippen LogP contribution in [0.3, 0.4) is 0 Å². The van der Waals surface area contributed by atoms with E-state index in [1.807, 2.05) is 11.3 Å². The first kappa shape index (κ1) is 15.5. The molecule has 1 atom stereocenters. The quantitative estimate of drug-likeness (QED) is 0.750. The predicted octanol–water partition coefficient (Wildman–Crippen LogP) is 3.55. The highest BCUT2D eigenvalue weighted by Gasteiger charge is 2.45. The minimum absolute atomic E-state index is 0.156. The Hall–Kier alpha value is -0.420. The SMILES string of the molecule is CCOCCC1CCOC12CCN(Cc1cccs1)CC2. The lowest BCUT2D eigenvalue weighted by Crippen LogP contribution is -2.47. The number of thiophene rings is 1. The maximum absolute atomic E-state index is 6.23. The highest BCUT2D eigenvalue weighted by molar-refractivity contribution is 7.09. The Morgan fingerprint density at radius 2 is 2.29 bits per heavy atom. The molecule has 0 saturated carbocycles. The van der Waals surface area contributed by atoms with E-state index >= 15 is 0 Å². The van der Waals surface area contributed by atoms with Crippen LogP contribution in [-0.2, 0) is 16.0 Å². The van der Waals surface area contributed by atoms with Crippen molar-refractivity contribution in [3.63, 3.8) is 0 Å². The van der Waals surface area contributed by atoms with Crippen molar-refractivity contribution in [2.75, 3.05) is 32.9 Å². The van der Waals surface area contributed by atoms with E-state index in [4.69, 9.17) is 9.47 Å². The molecular formula is C17H27NO2S. The molecule has 0 bridgehead atoms. The summed E-state index contributed by atoms with van der Waals surface area (Å²) < 4.78 is 11.8. The summed E-state index contributed by atoms with van der Waals surface area (Å²) in [5, 5.41) is 2.17. The average Bonchev–Trinajstić information content (AvgIpc) is 3.13. The van der Waals surface area contributed by atoms with Crippen molar-refractivity contribution in [3.8, 4) is 0 Å². The predicted molar refractivity (Wildman–Crippen MR) is 86.7 cm³/mol. The number of nitrogens with zero attached hydrogens (tertiary/aromatic N) is 1. The molecule has 0 amide bonds. The van der Waals surface area contributed by atoms with Gasteiger partial charge in [0.2, 0.25) is 0 Å². The molecule has 2 saturated heterocycles.